The maximum atomic E-state index is 2.43. The zero-order chi connectivity index (χ0) is 99.4. The standard InChI is InChI=1S/C50H35N.C49H33N.C48H31N/c1-30-27-31(2)29-32(28-30)45-33-15-4-6-17-35(33)46(36-18-7-5-16-34(36)45)40-22-14-25-43-47(40)37-19-8-11-23-41(37)50(43)42-24-12-9-20-38(42)49-48(50)39-21-10-13-26-44(39)51(49)3;1-30-26-28-31(29-27-30)44-32-14-3-5-16-34(32)45(35-17-6-4-15-33(35)44)39-21-13-24-42-46(39)36-18-7-10-22-40(36)49(42)41-23-11-8-19-37(41)48-47(49)38-20-9-12-25-43(38)50(48)2;1-49-42-29-14-11-24-37(42)46-47(49)36-23-10-13-27-40(36)48(46)39-26-12-9-22-35(39)45-38(25-15-28-41(45)48)44-33-20-7-5-18-31(33)43(30-16-3-2-4-17-30)32-19-6-8-21-34(32)44/h4-29H,1-3H3;3-29H,1-2H3;2-29H,1H3. The lowest BCUT2D eigenvalue weighted by molar-refractivity contribution is 0.800. The van der Waals surface area contributed by atoms with Crippen molar-refractivity contribution in [2.45, 2.75) is 37.0 Å². The van der Waals surface area contributed by atoms with Crippen LogP contribution >= 0.6 is 0 Å². The molecule has 0 saturated heterocycles. The summed E-state index contributed by atoms with van der Waals surface area (Å²) in [5.74, 6) is 0. The normalized spacial score (nSPS) is 15.5. The van der Waals surface area contributed by atoms with E-state index >= 15 is 0 Å². The van der Waals surface area contributed by atoms with Crippen molar-refractivity contribution in [3.8, 4) is 134 Å². The molecule has 3 heterocycles. The van der Waals surface area contributed by atoms with Gasteiger partial charge in [-0.2, -0.15) is 0 Å². The lowest BCUT2D eigenvalue weighted by Gasteiger charge is -2.30. The number of para-hydroxylation sites is 3. The van der Waals surface area contributed by atoms with Crippen LogP contribution in [0.15, 0.2) is 491 Å². The third kappa shape index (κ3) is 11.3. The maximum Gasteiger partial charge on any atom is 0.0747 e. The van der Waals surface area contributed by atoms with Crippen molar-refractivity contribution in [1.82, 2.24) is 13.7 Å². The second kappa shape index (κ2) is 32.2. The second-order valence-corrected chi connectivity index (χ2v) is 42.2. The first-order chi connectivity index (χ1) is 74.0. The van der Waals surface area contributed by atoms with Crippen LogP contribution in [0.4, 0.5) is 0 Å². The average molecular weight is 1910 g/mol. The van der Waals surface area contributed by atoms with Gasteiger partial charge in [0.25, 0.3) is 0 Å². The van der Waals surface area contributed by atoms with E-state index in [1.54, 1.807) is 0 Å². The van der Waals surface area contributed by atoms with Crippen molar-refractivity contribution >= 4 is 97.3 Å². The Bertz CT molecular complexity index is 10400. The van der Waals surface area contributed by atoms with Crippen LogP contribution in [0.25, 0.3) is 231 Å². The molecule has 33 rings (SSSR count). The van der Waals surface area contributed by atoms with Crippen molar-refractivity contribution in [3.05, 3.63) is 575 Å². The number of nitrogens with zero attached hydrogens (tertiary/aromatic N) is 3. The van der Waals surface area contributed by atoms with Crippen molar-refractivity contribution in [2.24, 2.45) is 21.1 Å². The highest BCUT2D eigenvalue weighted by Gasteiger charge is 2.58. The molecule has 0 N–H and O–H groups in total. The monoisotopic (exact) mass is 1910 g/mol. The van der Waals surface area contributed by atoms with Crippen LogP contribution in [-0.2, 0) is 37.4 Å². The number of fused-ring (bicyclic) bond motifs is 42. The summed E-state index contributed by atoms with van der Waals surface area (Å²) in [7, 11) is 6.72. The Hall–Kier alpha value is -18.5. The average Bonchev–Trinajstić information content (AvgIpc) is 1.49. The van der Waals surface area contributed by atoms with Crippen LogP contribution in [0, 0.1) is 20.8 Å². The highest BCUT2D eigenvalue weighted by molar-refractivity contribution is 6.28. The van der Waals surface area contributed by atoms with Crippen molar-refractivity contribution in [1.29, 1.82) is 0 Å². The number of aryl methyl sites for hydroxylation is 6. The Morgan fingerprint density at radius 3 is 0.633 bits per heavy atom. The highest BCUT2D eigenvalue weighted by atomic mass is 15.0. The Morgan fingerprint density at radius 1 is 0.140 bits per heavy atom. The van der Waals surface area contributed by atoms with E-state index in [0.717, 1.165) is 0 Å². The number of hydrogen-bond acceptors (Lipinski definition) is 0. The van der Waals surface area contributed by atoms with Crippen LogP contribution in [-0.4, -0.2) is 13.7 Å². The minimum atomic E-state index is -0.431. The second-order valence-electron chi connectivity index (χ2n) is 42.2. The Balaban J connectivity index is 0.000000101. The minimum absolute atomic E-state index is 0.426. The molecular weight excluding hydrogens is 1810 g/mol. The summed E-state index contributed by atoms with van der Waals surface area (Å²) in [4.78, 5) is 0. The fourth-order valence-electron chi connectivity index (χ4n) is 29.6. The molecule has 0 amide bonds. The van der Waals surface area contributed by atoms with Crippen molar-refractivity contribution in [2.75, 3.05) is 0 Å². The summed E-state index contributed by atoms with van der Waals surface area (Å²) < 4.78 is 7.27. The number of rotatable bonds is 6. The lowest BCUT2D eigenvalue weighted by Crippen LogP contribution is -2.25. The van der Waals surface area contributed by atoms with Crippen molar-refractivity contribution in [3.63, 3.8) is 0 Å². The molecule has 150 heavy (non-hydrogen) atoms. The van der Waals surface area contributed by atoms with Gasteiger partial charge in [-0.1, -0.05) is 490 Å². The summed E-state index contributed by atoms with van der Waals surface area (Å²) in [5.41, 5.74) is 54.4. The Kier molecular flexibility index (Phi) is 18.4. The summed E-state index contributed by atoms with van der Waals surface area (Å²) in [6.45, 7) is 6.57. The molecule has 6 aliphatic rings. The quantitative estimate of drug-likeness (QED) is 0.147. The van der Waals surface area contributed by atoms with Gasteiger partial charge in [0.15, 0.2) is 0 Å². The minimum Gasteiger partial charge on any atom is -0.343 e. The van der Waals surface area contributed by atoms with Crippen LogP contribution in [0.2, 0.25) is 0 Å². The van der Waals surface area contributed by atoms with Gasteiger partial charge >= 0.3 is 0 Å². The number of benzene rings is 24. The first-order valence-corrected chi connectivity index (χ1v) is 52.8. The summed E-state index contributed by atoms with van der Waals surface area (Å²) in [5, 5.41) is 19.4. The zero-order valence-electron chi connectivity index (χ0n) is 84.1. The van der Waals surface area contributed by atoms with Crippen molar-refractivity contribution < 1.29 is 0 Å². The van der Waals surface area contributed by atoms with E-state index in [-0.39, 0.29) is 0 Å². The molecule has 24 aromatic carbocycles. The van der Waals surface area contributed by atoms with E-state index in [2.05, 4.69) is 547 Å². The van der Waals surface area contributed by atoms with E-state index in [9.17, 15) is 0 Å². The molecule has 27 aromatic rings. The van der Waals surface area contributed by atoms with E-state index in [4.69, 9.17) is 0 Å². The lowest BCUT2D eigenvalue weighted by atomic mass is 9.70. The van der Waals surface area contributed by atoms with Crippen LogP contribution in [0.3, 0.4) is 0 Å². The molecule has 3 unspecified atom stereocenters. The van der Waals surface area contributed by atoms with E-state index in [0.29, 0.717) is 0 Å². The molecule has 702 valence electrons. The van der Waals surface area contributed by atoms with Gasteiger partial charge in [0.1, 0.15) is 0 Å². The van der Waals surface area contributed by atoms with E-state index < -0.39 is 16.2 Å². The third-order valence-corrected chi connectivity index (χ3v) is 34.9. The fourth-order valence-corrected chi connectivity index (χ4v) is 29.6. The Labute approximate surface area is 871 Å². The third-order valence-electron chi connectivity index (χ3n) is 34.9. The molecule has 3 spiro atoms. The predicted molar refractivity (Wildman–Crippen MR) is 630 cm³/mol. The van der Waals surface area contributed by atoms with Gasteiger partial charge < -0.3 is 13.7 Å². The van der Waals surface area contributed by atoms with Crippen LogP contribution in [0.1, 0.15) is 83.5 Å². The maximum absolute atomic E-state index is 2.43. The van der Waals surface area contributed by atoms with Gasteiger partial charge in [-0.05, 0) is 254 Å². The predicted octanol–water partition coefficient (Wildman–Crippen LogP) is 37.4. The first kappa shape index (κ1) is 85.8. The van der Waals surface area contributed by atoms with Crippen LogP contribution in [0.5, 0.6) is 0 Å². The Morgan fingerprint density at radius 2 is 0.347 bits per heavy atom. The molecule has 6 aliphatic carbocycles. The molecule has 3 aromatic heterocycles. The summed E-state index contributed by atoms with van der Waals surface area (Å²) in [6, 6.07) is 184. The van der Waals surface area contributed by atoms with Crippen LogP contribution < -0.4 is 0 Å². The molecule has 0 fully saturated rings. The zero-order valence-corrected chi connectivity index (χ0v) is 84.1. The SMILES string of the molecule is Cc1cc(C)cc(-c2c3ccccc3c(-c3cccc4c3-c3ccccc3C43c4ccccc4-c4c3c3ccccc3n4C)c3ccccc23)c1.Cc1ccc(-c2c3ccccc3c(-c3cccc4c3-c3ccccc3C43c4ccccc4-c4c3c3ccccc3n4C)c3ccccc23)cc1.Cn1c2c(c3ccccc31)C1(c3ccccc3-c3c(-c4c5ccccc5c(-c5ccccc5)c5ccccc45)cccc31)c1ccccc1-2. The topological polar surface area (TPSA) is 14.8 Å². The highest BCUT2D eigenvalue weighted by Crippen LogP contribution is 2.71. The smallest absolute Gasteiger partial charge is 0.0747 e. The fraction of sp³-hybridized carbons (Fsp3) is 0.0612. The molecule has 3 heteroatoms. The number of hydrogen-bond donors (Lipinski definition) is 0. The summed E-state index contributed by atoms with van der Waals surface area (Å²) in [6.07, 6.45) is 0. The van der Waals surface area contributed by atoms with Gasteiger partial charge in [0, 0.05) is 87.2 Å². The van der Waals surface area contributed by atoms with Gasteiger partial charge in [-0.25, -0.2) is 0 Å². The van der Waals surface area contributed by atoms with E-state index in [1.165, 1.54) is 315 Å². The van der Waals surface area contributed by atoms with Gasteiger partial charge in [-0.3, -0.25) is 0 Å². The molecule has 3 atom stereocenters. The molecule has 0 bridgehead atoms. The molecular formula is C147H99N3. The van der Waals surface area contributed by atoms with Gasteiger partial charge in [0.2, 0.25) is 0 Å². The number of aromatic nitrogens is 3. The largest absolute Gasteiger partial charge is 0.343 e. The first-order valence-electron chi connectivity index (χ1n) is 52.8. The molecule has 3 nitrogen and oxygen atoms in total. The van der Waals surface area contributed by atoms with Gasteiger partial charge in [0.05, 0.1) is 33.3 Å². The van der Waals surface area contributed by atoms with E-state index in [1.807, 2.05) is 0 Å². The molecule has 0 saturated carbocycles. The summed E-state index contributed by atoms with van der Waals surface area (Å²) >= 11 is 0. The molecule has 0 radical (unpaired) electrons. The van der Waals surface area contributed by atoms with Gasteiger partial charge in [-0.15, -0.1) is 0 Å². The molecule has 0 aliphatic heterocycles.